The third kappa shape index (κ3) is 5.09. The highest BCUT2D eigenvalue weighted by atomic mass is 16.5. The van der Waals surface area contributed by atoms with E-state index in [1.807, 2.05) is 6.07 Å². The van der Waals surface area contributed by atoms with Gasteiger partial charge in [-0.05, 0) is 34.9 Å². The number of aliphatic hydroxyl groups is 1. The Morgan fingerprint density at radius 2 is 1.47 bits per heavy atom. The lowest BCUT2D eigenvalue weighted by molar-refractivity contribution is -0.135. The number of ether oxygens (including phenoxy) is 2. The molecule has 0 radical (unpaired) electrons. The van der Waals surface area contributed by atoms with Gasteiger partial charge in [0, 0.05) is 0 Å². The number of rotatable bonds is 8. The van der Waals surface area contributed by atoms with Crippen LogP contribution >= 0.6 is 0 Å². The van der Waals surface area contributed by atoms with Crippen LogP contribution in [-0.2, 0) is 10.4 Å². The van der Waals surface area contributed by atoms with Crippen molar-refractivity contribution in [3.05, 3.63) is 107 Å². The lowest BCUT2D eigenvalue weighted by Crippen LogP contribution is -2.44. The van der Waals surface area contributed by atoms with Gasteiger partial charge in [0.2, 0.25) is 5.75 Å². The molecule has 3 aromatic carbocycles. The lowest BCUT2D eigenvalue weighted by atomic mass is 9.85. The normalized spacial score (nSPS) is 11.6. The van der Waals surface area contributed by atoms with E-state index in [0.29, 0.717) is 16.7 Å². The van der Waals surface area contributed by atoms with Gasteiger partial charge in [-0.25, -0.2) is 0 Å². The minimum Gasteiger partial charge on any atom is -0.502 e. The number of phenols is 1. The highest BCUT2D eigenvalue weighted by Gasteiger charge is 2.40. The van der Waals surface area contributed by atoms with Crippen molar-refractivity contribution in [2.75, 3.05) is 14.2 Å². The molecule has 3 N–H and O–H groups in total. The Labute approximate surface area is 197 Å². The summed E-state index contributed by atoms with van der Waals surface area (Å²) in [7, 11) is 2.84. The van der Waals surface area contributed by atoms with Crippen molar-refractivity contribution in [2.24, 2.45) is 0 Å². The summed E-state index contributed by atoms with van der Waals surface area (Å²) in [5, 5.41) is 33.6. The molecule has 3 aromatic rings. The van der Waals surface area contributed by atoms with Crippen LogP contribution in [0.25, 0.3) is 6.08 Å². The van der Waals surface area contributed by atoms with Crippen molar-refractivity contribution >= 4 is 12.0 Å². The van der Waals surface area contributed by atoms with Crippen LogP contribution in [0.3, 0.4) is 0 Å². The van der Waals surface area contributed by atoms with Crippen LogP contribution < -0.4 is 14.8 Å². The molecule has 172 valence electrons. The first kappa shape index (κ1) is 24.1. The fourth-order valence-corrected chi connectivity index (χ4v) is 3.37. The quantitative estimate of drug-likeness (QED) is 0.350. The Morgan fingerprint density at radius 3 is 1.91 bits per heavy atom. The number of nitriles is 1. The highest BCUT2D eigenvalue weighted by molar-refractivity contribution is 5.91. The van der Waals surface area contributed by atoms with E-state index in [9.17, 15) is 20.3 Å². The van der Waals surface area contributed by atoms with Gasteiger partial charge in [0.25, 0.3) is 5.91 Å². The molecule has 0 aliphatic carbocycles. The molecule has 0 spiro atoms. The van der Waals surface area contributed by atoms with E-state index in [-0.39, 0.29) is 22.9 Å². The zero-order valence-electron chi connectivity index (χ0n) is 18.7. The second-order valence-electron chi connectivity index (χ2n) is 7.22. The summed E-state index contributed by atoms with van der Waals surface area (Å²) in [5.74, 6) is -0.428. The van der Waals surface area contributed by atoms with Crippen molar-refractivity contribution in [2.45, 2.75) is 5.60 Å². The fourth-order valence-electron chi connectivity index (χ4n) is 3.37. The predicted molar refractivity (Wildman–Crippen MR) is 128 cm³/mol. The number of allylic oxidation sites excluding steroid dienone is 3. The number of hydrogen-bond donors (Lipinski definition) is 3. The maximum Gasteiger partial charge on any atom is 0.266 e. The Morgan fingerprint density at radius 1 is 0.971 bits per heavy atom. The van der Waals surface area contributed by atoms with Crippen molar-refractivity contribution in [3.8, 4) is 23.3 Å². The molecule has 0 aromatic heterocycles. The average molecular weight is 456 g/mol. The number of methoxy groups -OCH3 is 2. The smallest absolute Gasteiger partial charge is 0.266 e. The van der Waals surface area contributed by atoms with Crippen molar-refractivity contribution in [1.82, 2.24) is 5.32 Å². The standard InChI is InChI=1S/C27H24N2O5/c1-33-23-16-19(17-24(34-2)25(23)30)10-9-15-22(18-28)29-26(31)27(32,20-11-5-3-6-12-20)21-13-7-4-8-14-21/h3-17,30,32H,1-2H3,(H,29,31)/b10-9+,22-15+. The molecule has 0 saturated carbocycles. The highest BCUT2D eigenvalue weighted by Crippen LogP contribution is 2.37. The van der Waals surface area contributed by atoms with Crippen LogP contribution in [-0.4, -0.2) is 30.3 Å². The second-order valence-corrected chi connectivity index (χ2v) is 7.22. The molecular weight excluding hydrogens is 432 g/mol. The van der Waals surface area contributed by atoms with Gasteiger partial charge in [-0.1, -0.05) is 72.8 Å². The predicted octanol–water partition coefficient (Wildman–Crippen LogP) is 3.88. The number of phenolic OH excluding ortho intramolecular Hbond substituents is 1. The van der Waals surface area contributed by atoms with Crippen LogP contribution in [0.2, 0.25) is 0 Å². The van der Waals surface area contributed by atoms with Gasteiger partial charge in [-0.3, -0.25) is 4.79 Å². The number of hydrogen-bond acceptors (Lipinski definition) is 6. The van der Waals surface area contributed by atoms with Gasteiger partial charge in [-0.15, -0.1) is 0 Å². The van der Waals surface area contributed by atoms with Crippen molar-refractivity contribution in [1.29, 1.82) is 5.26 Å². The van der Waals surface area contributed by atoms with Crippen molar-refractivity contribution < 1.29 is 24.5 Å². The molecule has 7 nitrogen and oxygen atoms in total. The Hall–Kier alpha value is -4.54. The summed E-state index contributed by atoms with van der Waals surface area (Å²) in [6, 6.07) is 22.2. The summed E-state index contributed by atoms with van der Waals surface area (Å²) >= 11 is 0. The zero-order chi connectivity index (χ0) is 24.6. The van der Waals surface area contributed by atoms with Crippen LogP contribution in [0.4, 0.5) is 0 Å². The third-order valence-electron chi connectivity index (χ3n) is 5.13. The topological polar surface area (TPSA) is 112 Å². The van der Waals surface area contributed by atoms with Gasteiger partial charge < -0.3 is 25.0 Å². The molecule has 0 saturated heterocycles. The van der Waals surface area contributed by atoms with E-state index in [0.717, 1.165) is 0 Å². The van der Waals surface area contributed by atoms with Crippen LogP contribution in [0.15, 0.2) is 90.6 Å². The van der Waals surface area contributed by atoms with E-state index >= 15 is 0 Å². The van der Waals surface area contributed by atoms with E-state index < -0.39 is 11.5 Å². The molecule has 0 aliphatic rings. The molecule has 0 atom stereocenters. The van der Waals surface area contributed by atoms with E-state index in [4.69, 9.17) is 9.47 Å². The molecule has 3 rings (SSSR count). The SMILES string of the molecule is COc1cc(/C=C/C=C(\C#N)NC(=O)C(O)(c2ccccc2)c2ccccc2)cc(OC)c1O. The maximum atomic E-state index is 13.2. The minimum atomic E-state index is -2.00. The summed E-state index contributed by atoms with van der Waals surface area (Å²) in [4.78, 5) is 13.2. The van der Waals surface area contributed by atoms with Crippen molar-refractivity contribution in [3.63, 3.8) is 0 Å². The fraction of sp³-hybridized carbons (Fsp3) is 0.111. The van der Waals surface area contributed by atoms with Gasteiger partial charge in [0.15, 0.2) is 17.1 Å². The summed E-state index contributed by atoms with van der Waals surface area (Å²) < 4.78 is 10.3. The number of nitrogens with zero attached hydrogens (tertiary/aromatic N) is 1. The van der Waals surface area contributed by atoms with Gasteiger partial charge in [-0.2, -0.15) is 5.26 Å². The molecule has 7 heteroatoms. The summed E-state index contributed by atoms with van der Waals surface area (Å²) in [6.45, 7) is 0. The number of aromatic hydroxyl groups is 1. The van der Waals surface area contributed by atoms with E-state index in [1.165, 1.54) is 20.3 Å². The Bertz CT molecular complexity index is 1180. The second kappa shape index (κ2) is 10.9. The number of nitrogens with one attached hydrogen (secondary N) is 1. The first-order valence-electron chi connectivity index (χ1n) is 10.3. The molecule has 0 aliphatic heterocycles. The number of carbonyl (C=O) groups is 1. The number of amides is 1. The van der Waals surface area contributed by atoms with Gasteiger partial charge in [0.05, 0.1) is 14.2 Å². The molecule has 34 heavy (non-hydrogen) atoms. The summed E-state index contributed by atoms with van der Waals surface area (Å²) in [6.07, 6.45) is 4.60. The minimum absolute atomic E-state index is 0.0655. The average Bonchev–Trinajstić information content (AvgIpc) is 2.89. The maximum absolute atomic E-state index is 13.2. The van der Waals surface area contributed by atoms with Crippen LogP contribution in [0.1, 0.15) is 16.7 Å². The van der Waals surface area contributed by atoms with Gasteiger partial charge in [0.1, 0.15) is 11.8 Å². The third-order valence-corrected chi connectivity index (χ3v) is 5.13. The lowest BCUT2D eigenvalue weighted by Gasteiger charge is -2.27. The van der Waals surface area contributed by atoms with E-state index in [1.54, 1.807) is 84.9 Å². The van der Waals surface area contributed by atoms with E-state index in [2.05, 4.69) is 5.32 Å². The molecule has 0 bridgehead atoms. The zero-order valence-corrected chi connectivity index (χ0v) is 18.7. The Kier molecular flexibility index (Phi) is 7.70. The molecule has 0 unspecified atom stereocenters. The van der Waals surface area contributed by atoms with Gasteiger partial charge >= 0.3 is 0 Å². The van der Waals surface area contributed by atoms with Crippen LogP contribution in [0.5, 0.6) is 17.2 Å². The largest absolute Gasteiger partial charge is 0.502 e. The summed E-state index contributed by atoms with van der Waals surface area (Å²) in [5.41, 5.74) is -0.690. The first-order valence-corrected chi connectivity index (χ1v) is 10.3. The monoisotopic (exact) mass is 456 g/mol. The molecule has 0 heterocycles. The molecule has 1 amide bonds. The van der Waals surface area contributed by atoms with Crippen LogP contribution in [0, 0.1) is 11.3 Å². The number of benzene rings is 3. The number of carbonyl (C=O) groups excluding carboxylic acids is 1. The molecule has 0 fully saturated rings. The Balaban J connectivity index is 1.89. The first-order chi connectivity index (χ1) is 16.4. The molecular formula is C27H24N2O5.